The van der Waals surface area contributed by atoms with Gasteiger partial charge in [0, 0.05) is 26.2 Å². The number of aliphatic carboxylic acids is 1. The van der Waals surface area contributed by atoms with E-state index >= 15 is 0 Å². The minimum absolute atomic E-state index is 0.00125. The third kappa shape index (κ3) is 4.83. The largest absolute Gasteiger partial charge is 0.481 e. The Hall–Kier alpha value is -1.08. The number of aryl methyl sites for hydroxylation is 1. The van der Waals surface area contributed by atoms with Crippen LogP contribution in [-0.2, 0) is 16.0 Å². The highest BCUT2D eigenvalue weighted by Crippen LogP contribution is 2.24. The van der Waals surface area contributed by atoms with Crippen molar-refractivity contribution in [1.29, 1.82) is 0 Å². The zero-order chi connectivity index (χ0) is 14.3. The molecule has 0 saturated heterocycles. The monoisotopic (exact) mass is 287 g/mol. The lowest BCUT2D eigenvalue weighted by atomic mass is 10.2. The van der Waals surface area contributed by atoms with Gasteiger partial charge in [-0.05, 0) is 19.8 Å². The van der Waals surface area contributed by atoms with Crippen molar-refractivity contribution in [2.75, 3.05) is 19.5 Å². The fourth-order valence-electron chi connectivity index (χ4n) is 1.79. The van der Waals surface area contributed by atoms with E-state index in [1.165, 1.54) is 11.8 Å². The highest BCUT2D eigenvalue weighted by Gasteiger charge is 2.18. The number of carboxylic acids is 1. The minimum Gasteiger partial charge on any atom is -0.481 e. The van der Waals surface area contributed by atoms with Crippen LogP contribution in [-0.4, -0.2) is 45.3 Å². The van der Waals surface area contributed by atoms with Gasteiger partial charge in [-0.25, -0.2) is 0 Å². The van der Waals surface area contributed by atoms with E-state index in [1.54, 1.807) is 7.11 Å². The third-order valence-corrected chi connectivity index (χ3v) is 3.64. The molecule has 0 aliphatic carbocycles. The average Bonchev–Trinajstić information content (AvgIpc) is 2.77. The summed E-state index contributed by atoms with van der Waals surface area (Å²) in [5, 5.41) is 17.7. The van der Waals surface area contributed by atoms with Crippen LogP contribution in [0, 0.1) is 0 Å². The Morgan fingerprint density at radius 1 is 1.53 bits per heavy atom. The molecular weight excluding hydrogens is 266 g/mol. The second kappa shape index (κ2) is 8.16. The molecule has 6 nitrogen and oxygen atoms in total. The van der Waals surface area contributed by atoms with Crippen LogP contribution in [0.4, 0.5) is 0 Å². The van der Waals surface area contributed by atoms with Gasteiger partial charge >= 0.3 is 5.97 Å². The number of aromatic nitrogens is 3. The molecule has 0 aliphatic heterocycles. The molecule has 1 aromatic heterocycles. The van der Waals surface area contributed by atoms with Gasteiger partial charge in [-0.1, -0.05) is 18.7 Å². The number of rotatable bonds is 9. The van der Waals surface area contributed by atoms with Gasteiger partial charge in [-0.15, -0.1) is 10.2 Å². The SMILES string of the molecule is CCCc1nnc(SCC(=O)O)n1C(C)CCOC. The first-order chi connectivity index (χ1) is 9.10. The molecule has 108 valence electrons. The molecule has 0 fully saturated rings. The summed E-state index contributed by atoms with van der Waals surface area (Å²) in [7, 11) is 1.67. The van der Waals surface area contributed by atoms with E-state index in [4.69, 9.17) is 9.84 Å². The minimum atomic E-state index is -0.846. The Balaban J connectivity index is 2.86. The van der Waals surface area contributed by atoms with Crippen molar-refractivity contribution >= 4 is 17.7 Å². The summed E-state index contributed by atoms with van der Waals surface area (Å²) < 4.78 is 7.13. The first-order valence-electron chi connectivity index (χ1n) is 6.37. The summed E-state index contributed by atoms with van der Waals surface area (Å²) in [5.41, 5.74) is 0. The lowest BCUT2D eigenvalue weighted by Crippen LogP contribution is -2.13. The van der Waals surface area contributed by atoms with Gasteiger partial charge in [-0.2, -0.15) is 0 Å². The second-order valence-corrected chi connectivity index (χ2v) is 5.27. The summed E-state index contributed by atoms with van der Waals surface area (Å²) in [5.74, 6) is 0.0708. The standard InChI is InChI=1S/C12H21N3O3S/c1-4-5-10-13-14-12(19-8-11(16)17)15(10)9(2)6-7-18-3/h9H,4-8H2,1-3H3,(H,16,17). The number of hydrogen-bond donors (Lipinski definition) is 1. The number of carbonyl (C=O) groups is 1. The normalized spacial score (nSPS) is 12.6. The molecule has 1 rings (SSSR count). The topological polar surface area (TPSA) is 77.2 Å². The number of hydrogen-bond acceptors (Lipinski definition) is 5. The molecule has 0 aromatic carbocycles. The Morgan fingerprint density at radius 2 is 2.26 bits per heavy atom. The lowest BCUT2D eigenvalue weighted by Gasteiger charge is -2.17. The van der Waals surface area contributed by atoms with Gasteiger partial charge < -0.3 is 14.4 Å². The molecule has 0 aliphatic rings. The molecule has 1 heterocycles. The number of thioether (sulfide) groups is 1. The van der Waals surface area contributed by atoms with Crippen molar-refractivity contribution in [3.8, 4) is 0 Å². The van der Waals surface area contributed by atoms with E-state index in [-0.39, 0.29) is 11.8 Å². The van der Waals surface area contributed by atoms with Crippen LogP contribution in [0.15, 0.2) is 5.16 Å². The molecular formula is C12H21N3O3S. The molecule has 7 heteroatoms. The highest BCUT2D eigenvalue weighted by atomic mass is 32.2. The predicted molar refractivity (Wildman–Crippen MR) is 73.6 cm³/mol. The Morgan fingerprint density at radius 3 is 2.84 bits per heavy atom. The van der Waals surface area contributed by atoms with Crippen molar-refractivity contribution in [3.63, 3.8) is 0 Å². The Labute approximate surface area is 117 Å². The Bertz CT molecular complexity index is 409. The van der Waals surface area contributed by atoms with E-state index in [0.717, 1.165) is 25.1 Å². The van der Waals surface area contributed by atoms with E-state index in [2.05, 4.69) is 24.0 Å². The van der Waals surface area contributed by atoms with Gasteiger partial charge in [0.25, 0.3) is 0 Å². The molecule has 0 saturated carbocycles. The number of nitrogens with zero attached hydrogens (tertiary/aromatic N) is 3. The second-order valence-electron chi connectivity index (χ2n) is 4.33. The molecule has 1 unspecified atom stereocenters. The number of methoxy groups -OCH3 is 1. The van der Waals surface area contributed by atoms with Gasteiger partial charge in [0.2, 0.25) is 0 Å². The fourth-order valence-corrected chi connectivity index (χ4v) is 2.56. The molecule has 0 bridgehead atoms. The third-order valence-electron chi connectivity index (χ3n) is 2.71. The molecule has 0 amide bonds. The van der Waals surface area contributed by atoms with Gasteiger partial charge in [-0.3, -0.25) is 4.79 Å². The number of carboxylic acid groups (broad SMARTS) is 1. The quantitative estimate of drug-likeness (QED) is 0.700. The van der Waals surface area contributed by atoms with Crippen molar-refractivity contribution in [3.05, 3.63) is 5.82 Å². The summed E-state index contributed by atoms with van der Waals surface area (Å²) in [4.78, 5) is 10.7. The maximum atomic E-state index is 10.7. The van der Waals surface area contributed by atoms with E-state index in [9.17, 15) is 4.79 Å². The first-order valence-corrected chi connectivity index (χ1v) is 7.36. The van der Waals surface area contributed by atoms with Crippen molar-refractivity contribution in [1.82, 2.24) is 14.8 Å². The average molecular weight is 287 g/mol. The molecule has 0 radical (unpaired) electrons. The molecule has 1 aromatic rings. The summed E-state index contributed by atoms with van der Waals surface area (Å²) in [6, 6.07) is 0.202. The molecule has 1 atom stereocenters. The summed E-state index contributed by atoms with van der Waals surface area (Å²) in [6.45, 7) is 4.82. The van der Waals surface area contributed by atoms with Crippen molar-refractivity contribution in [2.45, 2.75) is 44.3 Å². The summed E-state index contributed by atoms with van der Waals surface area (Å²) in [6.07, 6.45) is 2.68. The van der Waals surface area contributed by atoms with Crippen LogP contribution < -0.4 is 0 Å². The smallest absolute Gasteiger partial charge is 0.313 e. The predicted octanol–water partition coefficient (Wildman–Crippen LogP) is 2.00. The lowest BCUT2D eigenvalue weighted by molar-refractivity contribution is -0.133. The maximum Gasteiger partial charge on any atom is 0.313 e. The van der Waals surface area contributed by atoms with Crippen molar-refractivity contribution < 1.29 is 14.6 Å². The first kappa shape index (κ1) is 16.0. The molecule has 0 spiro atoms. The van der Waals surface area contributed by atoms with Gasteiger partial charge in [0.1, 0.15) is 5.82 Å². The highest BCUT2D eigenvalue weighted by molar-refractivity contribution is 7.99. The summed E-state index contributed by atoms with van der Waals surface area (Å²) >= 11 is 1.21. The van der Waals surface area contributed by atoms with Crippen LogP contribution in [0.1, 0.15) is 38.6 Å². The van der Waals surface area contributed by atoms with Gasteiger partial charge in [0.05, 0.1) is 5.75 Å². The van der Waals surface area contributed by atoms with Crippen LogP contribution in [0.3, 0.4) is 0 Å². The zero-order valence-corrected chi connectivity index (χ0v) is 12.4. The van der Waals surface area contributed by atoms with Crippen LogP contribution in [0.25, 0.3) is 0 Å². The zero-order valence-electron chi connectivity index (χ0n) is 11.6. The van der Waals surface area contributed by atoms with Crippen LogP contribution >= 0.6 is 11.8 Å². The van der Waals surface area contributed by atoms with Crippen LogP contribution in [0.2, 0.25) is 0 Å². The molecule has 19 heavy (non-hydrogen) atoms. The van der Waals surface area contributed by atoms with Crippen LogP contribution in [0.5, 0.6) is 0 Å². The maximum absolute atomic E-state index is 10.7. The van der Waals surface area contributed by atoms with E-state index < -0.39 is 5.97 Å². The fraction of sp³-hybridized carbons (Fsp3) is 0.750. The van der Waals surface area contributed by atoms with E-state index in [0.29, 0.717) is 11.8 Å². The van der Waals surface area contributed by atoms with E-state index in [1.807, 2.05) is 4.57 Å². The molecule has 1 N–H and O–H groups in total. The van der Waals surface area contributed by atoms with Crippen molar-refractivity contribution in [2.24, 2.45) is 0 Å². The Kier molecular flexibility index (Phi) is 6.86. The van der Waals surface area contributed by atoms with Gasteiger partial charge in [0.15, 0.2) is 5.16 Å². The number of ether oxygens (including phenoxy) is 1.